The molecule has 4 nitrogen and oxygen atoms in total. The molecule has 21 heavy (non-hydrogen) atoms. The standard InChI is InChI=1S/C15H28N2O2S2/c1-6-16-8-14-7-15(11-20-14)21(18,19)17(9-12(2)3)10-13(4)5/h7,11-13,16H,6,8-10H2,1-5H3. The van der Waals surface area contributed by atoms with Gasteiger partial charge in [-0.15, -0.1) is 11.3 Å². The zero-order chi connectivity index (χ0) is 16.0. The summed E-state index contributed by atoms with van der Waals surface area (Å²) in [6, 6.07) is 1.80. The lowest BCUT2D eigenvalue weighted by molar-refractivity contribution is 0.333. The van der Waals surface area contributed by atoms with Gasteiger partial charge >= 0.3 is 0 Å². The normalized spacial score (nSPS) is 12.8. The first-order valence-electron chi connectivity index (χ1n) is 7.55. The molecule has 1 N–H and O–H groups in total. The van der Waals surface area contributed by atoms with Crippen LogP contribution < -0.4 is 5.32 Å². The summed E-state index contributed by atoms with van der Waals surface area (Å²) in [5.74, 6) is 0.636. The van der Waals surface area contributed by atoms with Crippen LogP contribution in [0.4, 0.5) is 0 Å². The minimum absolute atomic E-state index is 0.318. The van der Waals surface area contributed by atoms with Crippen molar-refractivity contribution in [2.24, 2.45) is 11.8 Å². The highest BCUT2D eigenvalue weighted by Gasteiger charge is 2.26. The number of nitrogens with zero attached hydrogens (tertiary/aromatic N) is 1. The SMILES string of the molecule is CCNCc1cc(S(=O)(=O)N(CC(C)C)CC(C)C)cs1. The van der Waals surface area contributed by atoms with Gasteiger partial charge in [-0.2, -0.15) is 4.31 Å². The molecule has 1 aromatic rings. The van der Waals surface area contributed by atoms with Crippen molar-refractivity contribution in [2.45, 2.75) is 46.1 Å². The molecule has 0 aliphatic rings. The molecule has 1 heterocycles. The Hall–Kier alpha value is -0.430. The van der Waals surface area contributed by atoms with Gasteiger partial charge < -0.3 is 5.32 Å². The van der Waals surface area contributed by atoms with E-state index in [1.54, 1.807) is 15.8 Å². The van der Waals surface area contributed by atoms with Gasteiger partial charge in [0.1, 0.15) is 0 Å². The summed E-state index contributed by atoms with van der Waals surface area (Å²) in [6.07, 6.45) is 0. The second kappa shape index (κ2) is 8.27. The van der Waals surface area contributed by atoms with Crippen molar-refractivity contribution in [3.63, 3.8) is 0 Å². The van der Waals surface area contributed by atoms with Crippen molar-refractivity contribution >= 4 is 21.4 Å². The third kappa shape index (κ3) is 5.70. The minimum Gasteiger partial charge on any atom is -0.312 e. The lowest BCUT2D eigenvalue weighted by Crippen LogP contribution is -2.36. The second-order valence-electron chi connectivity index (χ2n) is 6.14. The highest BCUT2D eigenvalue weighted by molar-refractivity contribution is 7.89. The zero-order valence-electron chi connectivity index (χ0n) is 13.7. The van der Waals surface area contributed by atoms with Crippen LogP contribution in [-0.4, -0.2) is 32.4 Å². The summed E-state index contributed by atoms with van der Waals surface area (Å²) in [6.45, 7) is 13.0. The van der Waals surface area contributed by atoms with Crippen molar-refractivity contribution < 1.29 is 8.42 Å². The third-order valence-electron chi connectivity index (χ3n) is 2.95. The molecule has 122 valence electrons. The van der Waals surface area contributed by atoms with Crippen molar-refractivity contribution in [1.29, 1.82) is 0 Å². The van der Waals surface area contributed by atoms with Crippen molar-refractivity contribution in [3.8, 4) is 0 Å². The van der Waals surface area contributed by atoms with Crippen LogP contribution in [0.25, 0.3) is 0 Å². The van der Waals surface area contributed by atoms with Gasteiger partial charge in [0.05, 0.1) is 4.90 Å². The molecule has 1 aromatic heterocycles. The maximum atomic E-state index is 12.8. The maximum absolute atomic E-state index is 12.8. The maximum Gasteiger partial charge on any atom is 0.243 e. The van der Waals surface area contributed by atoms with E-state index in [-0.39, 0.29) is 0 Å². The summed E-state index contributed by atoms with van der Waals surface area (Å²) in [4.78, 5) is 1.49. The second-order valence-corrected chi connectivity index (χ2v) is 9.07. The molecule has 0 spiro atoms. The van der Waals surface area contributed by atoms with Crippen LogP contribution in [0.3, 0.4) is 0 Å². The van der Waals surface area contributed by atoms with Crippen LogP contribution in [0.5, 0.6) is 0 Å². The molecular weight excluding hydrogens is 304 g/mol. The largest absolute Gasteiger partial charge is 0.312 e. The zero-order valence-corrected chi connectivity index (χ0v) is 15.4. The summed E-state index contributed by atoms with van der Waals surface area (Å²) >= 11 is 1.50. The van der Waals surface area contributed by atoms with Gasteiger partial charge in [-0.3, -0.25) is 0 Å². The topological polar surface area (TPSA) is 49.4 Å². The average molecular weight is 333 g/mol. The van der Waals surface area contributed by atoms with Crippen LogP contribution in [0.1, 0.15) is 39.5 Å². The van der Waals surface area contributed by atoms with Crippen molar-refractivity contribution in [1.82, 2.24) is 9.62 Å². The van der Waals surface area contributed by atoms with E-state index in [1.807, 2.05) is 34.6 Å². The van der Waals surface area contributed by atoms with Gasteiger partial charge in [0.25, 0.3) is 0 Å². The first-order chi connectivity index (χ1) is 9.77. The average Bonchev–Trinajstić information content (AvgIpc) is 2.83. The number of hydrogen-bond acceptors (Lipinski definition) is 4. The molecule has 0 radical (unpaired) electrons. The Morgan fingerprint density at radius 3 is 2.24 bits per heavy atom. The Bertz CT molecular complexity index is 512. The van der Waals surface area contributed by atoms with Gasteiger partial charge in [-0.05, 0) is 24.4 Å². The smallest absolute Gasteiger partial charge is 0.243 e. The van der Waals surface area contributed by atoms with Gasteiger partial charge in [0.15, 0.2) is 0 Å². The fourth-order valence-corrected chi connectivity index (χ4v) is 5.07. The molecule has 0 atom stereocenters. The van der Waals surface area contributed by atoms with Crippen LogP contribution in [0, 0.1) is 11.8 Å². The van der Waals surface area contributed by atoms with E-state index < -0.39 is 10.0 Å². The van der Waals surface area contributed by atoms with E-state index in [2.05, 4.69) is 5.32 Å². The fraction of sp³-hybridized carbons (Fsp3) is 0.733. The van der Waals surface area contributed by atoms with Crippen LogP contribution >= 0.6 is 11.3 Å². The predicted octanol–water partition coefficient (Wildman–Crippen LogP) is 3.16. The lowest BCUT2D eigenvalue weighted by Gasteiger charge is -2.25. The monoisotopic (exact) mass is 332 g/mol. The van der Waals surface area contributed by atoms with E-state index in [0.29, 0.717) is 29.8 Å². The Morgan fingerprint density at radius 2 is 1.76 bits per heavy atom. The van der Waals surface area contributed by atoms with Gasteiger partial charge in [0.2, 0.25) is 10.0 Å². The van der Waals surface area contributed by atoms with E-state index in [9.17, 15) is 8.42 Å². The van der Waals surface area contributed by atoms with E-state index in [1.165, 1.54) is 11.3 Å². The molecule has 0 fully saturated rings. The first-order valence-corrected chi connectivity index (χ1v) is 9.87. The lowest BCUT2D eigenvalue weighted by atomic mass is 10.2. The van der Waals surface area contributed by atoms with Gasteiger partial charge in [-0.25, -0.2) is 8.42 Å². The van der Waals surface area contributed by atoms with Crippen LogP contribution in [-0.2, 0) is 16.6 Å². The molecule has 0 amide bonds. The molecule has 0 aliphatic heterocycles. The van der Waals surface area contributed by atoms with Crippen LogP contribution in [0.2, 0.25) is 0 Å². The highest BCUT2D eigenvalue weighted by Crippen LogP contribution is 2.24. The molecule has 0 aromatic carbocycles. The van der Waals surface area contributed by atoms with Gasteiger partial charge in [0, 0.05) is 29.9 Å². The van der Waals surface area contributed by atoms with Gasteiger partial charge in [-0.1, -0.05) is 34.6 Å². The number of rotatable bonds is 9. The summed E-state index contributed by atoms with van der Waals surface area (Å²) in [5.41, 5.74) is 0. The van der Waals surface area contributed by atoms with E-state index >= 15 is 0 Å². The van der Waals surface area contributed by atoms with E-state index in [4.69, 9.17) is 0 Å². The number of nitrogens with one attached hydrogen (secondary N) is 1. The predicted molar refractivity (Wildman–Crippen MR) is 90.1 cm³/mol. The first kappa shape index (κ1) is 18.6. The molecule has 1 rings (SSSR count). The molecule has 0 unspecified atom stereocenters. The minimum atomic E-state index is -3.38. The summed E-state index contributed by atoms with van der Waals surface area (Å²) in [5, 5.41) is 4.98. The summed E-state index contributed by atoms with van der Waals surface area (Å²) in [7, 11) is -3.38. The Labute approximate surface area is 133 Å². The molecular formula is C15H28N2O2S2. The number of thiophene rings is 1. The number of hydrogen-bond donors (Lipinski definition) is 1. The number of sulfonamides is 1. The summed E-state index contributed by atoms with van der Waals surface area (Å²) < 4.78 is 27.2. The van der Waals surface area contributed by atoms with Crippen LogP contribution in [0.15, 0.2) is 16.3 Å². The Morgan fingerprint density at radius 1 is 1.19 bits per heavy atom. The van der Waals surface area contributed by atoms with Crippen molar-refractivity contribution in [3.05, 3.63) is 16.3 Å². The Balaban J connectivity index is 2.96. The van der Waals surface area contributed by atoms with E-state index in [0.717, 1.165) is 18.0 Å². The molecule has 0 bridgehead atoms. The molecule has 6 heteroatoms. The quantitative estimate of drug-likeness (QED) is 0.756. The van der Waals surface area contributed by atoms with Crippen molar-refractivity contribution in [2.75, 3.05) is 19.6 Å². The molecule has 0 aliphatic carbocycles. The molecule has 0 saturated heterocycles. The fourth-order valence-electron chi connectivity index (χ4n) is 2.07. The third-order valence-corrected chi connectivity index (χ3v) is 5.85. The Kier molecular flexibility index (Phi) is 7.33. The molecule has 0 saturated carbocycles. The highest BCUT2D eigenvalue weighted by atomic mass is 32.2.